The van der Waals surface area contributed by atoms with Crippen LogP contribution in [0.3, 0.4) is 0 Å². The van der Waals surface area contributed by atoms with E-state index in [1.165, 1.54) is 24.8 Å². The van der Waals surface area contributed by atoms with Crippen molar-refractivity contribution in [2.75, 3.05) is 17.7 Å². The first-order valence-electron chi connectivity index (χ1n) is 8.69. The van der Waals surface area contributed by atoms with E-state index in [4.69, 9.17) is 17.0 Å². The molecule has 0 atom stereocenters. The molecule has 0 saturated carbocycles. The zero-order valence-electron chi connectivity index (χ0n) is 14.9. The molecular weight excluding hydrogens is 368 g/mol. The van der Waals surface area contributed by atoms with Gasteiger partial charge < -0.3 is 15.4 Å². The van der Waals surface area contributed by atoms with Gasteiger partial charge in [-0.25, -0.2) is 14.8 Å². The lowest BCUT2D eigenvalue weighted by molar-refractivity contribution is 0.0601. The number of rotatable bonds is 3. The fourth-order valence-electron chi connectivity index (χ4n) is 3.07. The molecule has 1 aliphatic rings. The van der Waals surface area contributed by atoms with E-state index in [-0.39, 0.29) is 5.97 Å². The van der Waals surface area contributed by atoms with Crippen LogP contribution in [0.25, 0.3) is 0 Å². The number of carbonyl (C=O) groups excluding carboxylic acids is 1. The van der Waals surface area contributed by atoms with Crippen LogP contribution in [0.5, 0.6) is 0 Å². The summed E-state index contributed by atoms with van der Waals surface area (Å²) in [6, 6.07) is 1.82. The summed E-state index contributed by atoms with van der Waals surface area (Å²) < 4.78 is 5.03. The number of anilines is 2. The summed E-state index contributed by atoms with van der Waals surface area (Å²) in [5, 5.41) is 7.21. The molecule has 0 amide bonds. The van der Waals surface area contributed by atoms with Gasteiger partial charge in [0.15, 0.2) is 5.11 Å². The largest absolute Gasteiger partial charge is 0.465 e. The van der Waals surface area contributed by atoms with Gasteiger partial charge >= 0.3 is 5.97 Å². The predicted molar refractivity (Wildman–Crippen MR) is 108 cm³/mol. The van der Waals surface area contributed by atoms with E-state index >= 15 is 0 Å². The van der Waals surface area contributed by atoms with Gasteiger partial charge in [-0.2, -0.15) is 0 Å². The standard InChI is InChI=1S/C18H22N4O2S2/c1-11-9-10-19-17(20-11)22-18(25)21-15-14(16(23)24-2)12-7-5-3-4-6-8-13(12)26-15/h9-10H,3-8H2,1-2H3,(H2,19,20,21,22,25). The Bertz CT molecular complexity index is 820. The number of thiocarbonyl (C=S) groups is 1. The first-order valence-corrected chi connectivity index (χ1v) is 9.91. The molecule has 2 heterocycles. The number of nitrogens with zero attached hydrogens (tertiary/aromatic N) is 2. The molecule has 0 aliphatic heterocycles. The van der Waals surface area contributed by atoms with Crippen molar-refractivity contribution in [3.8, 4) is 0 Å². The Morgan fingerprint density at radius 1 is 1.23 bits per heavy atom. The van der Waals surface area contributed by atoms with Crippen molar-refractivity contribution in [2.45, 2.75) is 45.4 Å². The fraction of sp³-hybridized carbons (Fsp3) is 0.444. The molecule has 8 heteroatoms. The molecule has 0 spiro atoms. The Morgan fingerprint density at radius 3 is 2.73 bits per heavy atom. The average Bonchev–Trinajstić information content (AvgIpc) is 2.90. The Kier molecular flexibility index (Phi) is 6.16. The maximum atomic E-state index is 12.4. The van der Waals surface area contributed by atoms with Crippen LogP contribution in [0.1, 0.15) is 52.2 Å². The topological polar surface area (TPSA) is 76.1 Å². The van der Waals surface area contributed by atoms with Crippen molar-refractivity contribution < 1.29 is 9.53 Å². The molecule has 0 saturated heterocycles. The zero-order chi connectivity index (χ0) is 18.5. The highest BCUT2D eigenvalue weighted by atomic mass is 32.1. The van der Waals surface area contributed by atoms with Gasteiger partial charge in [-0.3, -0.25) is 0 Å². The van der Waals surface area contributed by atoms with E-state index in [0.29, 0.717) is 16.6 Å². The smallest absolute Gasteiger partial charge is 0.341 e. The van der Waals surface area contributed by atoms with E-state index in [2.05, 4.69) is 20.6 Å². The van der Waals surface area contributed by atoms with E-state index in [0.717, 1.165) is 41.9 Å². The molecule has 26 heavy (non-hydrogen) atoms. The minimum atomic E-state index is -0.319. The number of hydrogen-bond acceptors (Lipinski definition) is 6. The molecule has 2 aromatic rings. The highest BCUT2D eigenvalue weighted by molar-refractivity contribution is 7.80. The number of aromatic nitrogens is 2. The lowest BCUT2D eigenvalue weighted by atomic mass is 9.96. The van der Waals surface area contributed by atoms with Gasteiger partial charge in [0.2, 0.25) is 5.95 Å². The van der Waals surface area contributed by atoms with Crippen molar-refractivity contribution in [1.82, 2.24) is 9.97 Å². The van der Waals surface area contributed by atoms with Gasteiger partial charge in [0.1, 0.15) is 5.00 Å². The summed E-state index contributed by atoms with van der Waals surface area (Å²) in [6.45, 7) is 1.89. The SMILES string of the molecule is COC(=O)c1c(NC(=S)Nc2nccc(C)n2)sc2c1CCCCCC2. The average molecular weight is 391 g/mol. The van der Waals surface area contributed by atoms with Gasteiger partial charge in [-0.1, -0.05) is 12.8 Å². The summed E-state index contributed by atoms with van der Waals surface area (Å²) in [5.74, 6) is 0.109. The fourth-order valence-corrected chi connectivity index (χ4v) is 4.61. The quantitative estimate of drug-likeness (QED) is 0.603. The third-order valence-electron chi connectivity index (χ3n) is 4.31. The van der Waals surface area contributed by atoms with Crippen LogP contribution in [-0.2, 0) is 17.6 Å². The maximum Gasteiger partial charge on any atom is 0.341 e. The van der Waals surface area contributed by atoms with Crippen molar-refractivity contribution in [3.63, 3.8) is 0 Å². The van der Waals surface area contributed by atoms with Gasteiger partial charge in [0, 0.05) is 16.8 Å². The van der Waals surface area contributed by atoms with Gasteiger partial charge in [-0.15, -0.1) is 11.3 Å². The molecule has 0 unspecified atom stereocenters. The predicted octanol–water partition coefficient (Wildman–Crippen LogP) is 4.10. The summed E-state index contributed by atoms with van der Waals surface area (Å²) in [5.41, 5.74) is 2.57. The molecule has 0 bridgehead atoms. The van der Waals surface area contributed by atoms with Crippen LogP contribution < -0.4 is 10.6 Å². The van der Waals surface area contributed by atoms with Gasteiger partial charge in [-0.05, 0) is 56.5 Å². The van der Waals surface area contributed by atoms with Gasteiger partial charge in [0.25, 0.3) is 0 Å². The second kappa shape index (κ2) is 8.55. The third kappa shape index (κ3) is 4.37. The number of fused-ring (bicyclic) bond motifs is 1. The van der Waals surface area contributed by atoms with Crippen LogP contribution in [0.4, 0.5) is 10.9 Å². The van der Waals surface area contributed by atoms with Crippen LogP contribution >= 0.6 is 23.6 Å². The molecule has 2 N–H and O–H groups in total. The van der Waals surface area contributed by atoms with Crippen molar-refractivity contribution in [3.05, 3.63) is 34.0 Å². The first kappa shape index (κ1) is 18.7. The van der Waals surface area contributed by atoms with Gasteiger partial charge in [0.05, 0.1) is 12.7 Å². The Morgan fingerprint density at radius 2 is 2.00 bits per heavy atom. The number of esters is 1. The lowest BCUT2D eigenvalue weighted by Gasteiger charge is -2.11. The first-order chi connectivity index (χ1) is 12.6. The summed E-state index contributed by atoms with van der Waals surface area (Å²) >= 11 is 6.98. The minimum Gasteiger partial charge on any atom is -0.465 e. The number of thiophene rings is 1. The summed E-state index contributed by atoms with van der Waals surface area (Å²) in [6.07, 6.45) is 8.23. The highest BCUT2D eigenvalue weighted by Crippen LogP contribution is 2.37. The molecule has 0 radical (unpaired) electrons. The number of carbonyl (C=O) groups is 1. The van der Waals surface area contributed by atoms with Crippen LogP contribution in [0, 0.1) is 6.92 Å². The number of hydrogen-bond donors (Lipinski definition) is 2. The molecule has 1 aliphatic carbocycles. The Hall–Kier alpha value is -2.06. The lowest BCUT2D eigenvalue weighted by Crippen LogP contribution is -2.21. The third-order valence-corrected chi connectivity index (χ3v) is 5.72. The molecule has 3 rings (SSSR count). The molecule has 0 aromatic carbocycles. The molecule has 138 valence electrons. The summed E-state index contributed by atoms with van der Waals surface area (Å²) in [7, 11) is 1.41. The van der Waals surface area contributed by atoms with Crippen molar-refractivity contribution in [2.24, 2.45) is 0 Å². The number of methoxy groups -OCH3 is 1. The van der Waals surface area contributed by atoms with Crippen molar-refractivity contribution in [1.29, 1.82) is 0 Å². The zero-order valence-corrected chi connectivity index (χ0v) is 16.6. The number of nitrogens with one attached hydrogen (secondary N) is 2. The second-order valence-corrected chi connectivity index (χ2v) is 7.73. The Labute approximate surface area is 162 Å². The monoisotopic (exact) mass is 390 g/mol. The second-order valence-electron chi connectivity index (χ2n) is 6.21. The Balaban J connectivity index is 1.85. The molecular formula is C18H22N4O2S2. The van der Waals surface area contributed by atoms with Crippen LogP contribution in [0.15, 0.2) is 12.3 Å². The van der Waals surface area contributed by atoms with E-state index < -0.39 is 0 Å². The minimum absolute atomic E-state index is 0.319. The van der Waals surface area contributed by atoms with Crippen LogP contribution in [-0.4, -0.2) is 28.2 Å². The number of aryl methyl sites for hydroxylation is 2. The molecule has 0 fully saturated rings. The van der Waals surface area contributed by atoms with Crippen molar-refractivity contribution >= 4 is 45.6 Å². The molecule has 2 aromatic heterocycles. The summed E-state index contributed by atoms with van der Waals surface area (Å²) in [4.78, 5) is 22.1. The highest BCUT2D eigenvalue weighted by Gasteiger charge is 2.25. The maximum absolute atomic E-state index is 12.4. The molecule has 6 nitrogen and oxygen atoms in total. The van der Waals surface area contributed by atoms with E-state index in [9.17, 15) is 4.79 Å². The van der Waals surface area contributed by atoms with E-state index in [1.54, 1.807) is 17.5 Å². The normalized spacial score (nSPS) is 13.9. The number of ether oxygens (including phenoxy) is 1. The van der Waals surface area contributed by atoms with Crippen LogP contribution in [0.2, 0.25) is 0 Å². The van der Waals surface area contributed by atoms with E-state index in [1.807, 2.05) is 13.0 Å².